The highest BCUT2D eigenvalue weighted by Crippen LogP contribution is 2.28. The van der Waals surface area contributed by atoms with E-state index >= 15 is 0 Å². The van der Waals surface area contributed by atoms with Crippen molar-refractivity contribution in [1.29, 1.82) is 0 Å². The lowest BCUT2D eigenvalue weighted by atomic mass is 10.1. The van der Waals surface area contributed by atoms with Gasteiger partial charge in [-0.3, -0.25) is 13.9 Å². The zero-order valence-electron chi connectivity index (χ0n) is 23.7. The lowest BCUT2D eigenvalue weighted by Crippen LogP contribution is -2.51. The maximum absolute atomic E-state index is 14.1. The van der Waals surface area contributed by atoms with Crippen molar-refractivity contribution in [2.24, 2.45) is 5.92 Å². The summed E-state index contributed by atoms with van der Waals surface area (Å²) in [6.45, 7) is 9.43. The van der Waals surface area contributed by atoms with Gasteiger partial charge in [-0.05, 0) is 61.6 Å². The second kappa shape index (κ2) is 13.8. The van der Waals surface area contributed by atoms with Crippen LogP contribution in [0.3, 0.4) is 0 Å². The molecule has 0 saturated carbocycles. The average Bonchev–Trinajstić information content (AvgIpc) is 2.93. The molecule has 0 aliphatic heterocycles. The Labute approximate surface area is 243 Å². The van der Waals surface area contributed by atoms with Gasteiger partial charge in [-0.15, -0.1) is 0 Å². The topological polar surface area (TPSA) is 86.8 Å². The van der Waals surface area contributed by atoms with Gasteiger partial charge in [0, 0.05) is 18.1 Å². The Balaban J connectivity index is 2.06. The molecular weight excluding hydrogens is 546 g/mol. The Hall–Kier alpha value is -3.36. The predicted molar refractivity (Wildman–Crippen MR) is 161 cm³/mol. The number of halogens is 1. The van der Waals surface area contributed by atoms with Gasteiger partial charge >= 0.3 is 0 Å². The van der Waals surface area contributed by atoms with E-state index in [1.807, 2.05) is 39.8 Å². The minimum Gasteiger partial charge on any atom is -0.354 e. The van der Waals surface area contributed by atoms with Crippen molar-refractivity contribution in [3.63, 3.8) is 0 Å². The van der Waals surface area contributed by atoms with E-state index in [0.717, 1.165) is 15.4 Å². The van der Waals surface area contributed by atoms with Crippen molar-refractivity contribution in [2.45, 2.75) is 58.5 Å². The predicted octanol–water partition coefficient (Wildman–Crippen LogP) is 5.60. The maximum Gasteiger partial charge on any atom is 0.264 e. The van der Waals surface area contributed by atoms with Crippen LogP contribution in [0.2, 0.25) is 5.02 Å². The number of nitrogens with one attached hydrogen (secondary N) is 1. The Morgan fingerprint density at radius 1 is 0.900 bits per heavy atom. The van der Waals surface area contributed by atoms with E-state index in [1.54, 1.807) is 67.6 Å². The zero-order chi connectivity index (χ0) is 29.4. The number of aryl methyl sites for hydroxylation is 2. The summed E-state index contributed by atoms with van der Waals surface area (Å²) in [7, 11) is -4.12. The quantitative estimate of drug-likeness (QED) is 0.301. The molecular formula is C31H38ClN3O4S. The molecule has 3 aromatic carbocycles. The minimum atomic E-state index is -4.12. The highest BCUT2D eigenvalue weighted by molar-refractivity contribution is 7.92. The number of para-hydroxylation sites is 1. The van der Waals surface area contributed by atoms with Gasteiger partial charge < -0.3 is 10.2 Å². The summed E-state index contributed by atoms with van der Waals surface area (Å²) >= 11 is 6.42. The molecule has 0 unspecified atom stereocenters. The van der Waals surface area contributed by atoms with Crippen LogP contribution < -0.4 is 9.62 Å². The van der Waals surface area contributed by atoms with Gasteiger partial charge in [0.25, 0.3) is 10.0 Å². The van der Waals surface area contributed by atoms with Crippen LogP contribution in [0.5, 0.6) is 0 Å². The number of amides is 2. The zero-order valence-corrected chi connectivity index (χ0v) is 25.3. The number of carbonyl (C=O) groups is 2. The van der Waals surface area contributed by atoms with Crippen molar-refractivity contribution < 1.29 is 18.0 Å². The largest absolute Gasteiger partial charge is 0.354 e. The van der Waals surface area contributed by atoms with E-state index in [9.17, 15) is 18.0 Å². The fraction of sp³-hybridized carbons (Fsp3) is 0.355. The third-order valence-corrected chi connectivity index (χ3v) is 8.82. The van der Waals surface area contributed by atoms with E-state index in [2.05, 4.69) is 5.32 Å². The normalized spacial score (nSPS) is 12.2. The van der Waals surface area contributed by atoms with Crippen LogP contribution >= 0.6 is 11.6 Å². The number of anilines is 1. The molecule has 1 N–H and O–H groups in total. The van der Waals surface area contributed by atoms with Gasteiger partial charge in [-0.25, -0.2) is 8.42 Å². The summed E-state index contributed by atoms with van der Waals surface area (Å²) in [5, 5.41) is 3.34. The molecule has 0 saturated heterocycles. The molecule has 0 bridgehead atoms. The Kier molecular flexibility index (Phi) is 10.8. The first-order chi connectivity index (χ1) is 18.9. The molecule has 2 amide bonds. The van der Waals surface area contributed by atoms with E-state index in [-0.39, 0.29) is 23.3 Å². The van der Waals surface area contributed by atoms with Gasteiger partial charge in [0.2, 0.25) is 11.8 Å². The third-order valence-electron chi connectivity index (χ3n) is 6.68. The third kappa shape index (κ3) is 7.64. The summed E-state index contributed by atoms with van der Waals surface area (Å²) in [6.07, 6.45) is 0.571. The monoisotopic (exact) mass is 583 g/mol. The summed E-state index contributed by atoms with van der Waals surface area (Å²) in [4.78, 5) is 28.6. The van der Waals surface area contributed by atoms with E-state index in [0.29, 0.717) is 29.2 Å². The number of hydrogen-bond donors (Lipinski definition) is 1. The summed E-state index contributed by atoms with van der Waals surface area (Å²) in [6, 6.07) is 19.9. The van der Waals surface area contributed by atoms with Crippen molar-refractivity contribution in [1.82, 2.24) is 10.2 Å². The lowest BCUT2D eigenvalue weighted by Gasteiger charge is -2.33. The first-order valence-corrected chi connectivity index (χ1v) is 15.2. The number of sulfonamides is 1. The fourth-order valence-electron chi connectivity index (χ4n) is 4.25. The fourth-order valence-corrected chi connectivity index (χ4v) is 5.90. The average molecular weight is 584 g/mol. The van der Waals surface area contributed by atoms with Crippen LogP contribution in [0, 0.1) is 12.8 Å². The van der Waals surface area contributed by atoms with Crippen LogP contribution in [-0.2, 0) is 32.6 Å². The second-order valence-electron chi connectivity index (χ2n) is 10.2. The molecule has 0 aliphatic carbocycles. The number of rotatable bonds is 12. The maximum atomic E-state index is 14.1. The Morgan fingerprint density at radius 3 is 2.10 bits per heavy atom. The van der Waals surface area contributed by atoms with Crippen LogP contribution in [0.4, 0.5) is 5.69 Å². The number of benzene rings is 3. The van der Waals surface area contributed by atoms with Gasteiger partial charge in [0.05, 0.1) is 10.6 Å². The van der Waals surface area contributed by atoms with Crippen LogP contribution in [0.25, 0.3) is 0 Å². The second-order valence-corrected chi connectivity index (χ2v) is 12.5. The number of nitrogens with zero attached hydrogens (tertiary/aromatic N) is 2. The SMILES string of the molecule is CCc1ccccc1N(CC(=O)N(Cc1ccccc1Cl)[C@@H](C)C(=O)NCC(C)C)S(=O)(=O)c1ccc(C)cc1. The number of hydrogen-bond acceptors (Lipinski definition) is 4. The van der Waals surface area contributed by atoms with Gasteiger partial charge in [0.15, 0.2) is 0 Å². The van der Waals surface area contributed by atoms with Crippen molar-refractivity contribution in [3.8, 4) is 0 Å². The summed E-state index contributed by atoms with van der Waals surface area (Å²) in [5.74, 6) is -0.616. The minimum absolute atomic E-state index is 0.0443. The van der Waals surface area contributed by atoms with Crippen LogP contribution in [0.15, 0.2) is 77.7 Å². The highest BCUT2D eigenvalue weighted by Gasteiger charge is 2.33. The molecule has 0 aliphatic rings. The van der Waals surface area contributed by atoms with Crippen LogP contribution in [-0.4, -0.2) is 44.3 Å². The molecule has 0 fully saturated rings. The smallest absolute Gasteiger partial charge is 0.264 e. The van der Waals surface area contributed by atoms with Crippen molar-refractivity contribution in [2.75, 3.05) is 17.4 Å². The van der Waals surface area contributed by atoms with Gasteiger partial charge in [-0.2, -0.15) is 0 Å². The van der Waals surface area contributed by atoms with E-state index < -0.39 is 28.5 Å². The number of carbonyl (C=O) groups excluding carboxylic acids is 2. The molecule has 1 atom stereocenters. The van der Waals surface area contributed by atoms with Gasteiger partial charge in [-0.1, -0.05) is 86.5 Å². The Morgan fingerprint density at radius 2 is 1.50 bits per heavy atom. The molecule has 214 valence electrons. The standard InChI is InChI=1S/C31H38ClN3O4S/c1-6-25-11-8-10-14-29(25)35(40(38,39)27-17-15-23(4)16-18-27)21-30(36)34(20-26-12-7-9-13-28(26)32)24(5)31(37)33-19-22(2)3/h7-18,22,24H,6,19-21H2,1-5H3,(H,33,37)/t24-/m0/s1. The molecule has 3 rings (SSSR count). The molecule has 40 heavy (non-hydrogen) atoms. The highest BCUT2D eigenvalue weighted by atomic mass is 35.5. The molecule has 0 aromatic heterocycles. The van der Waals surface area contributed by atoms with Crippen molar-refractivity contribution in [3.05, 3.63) is 94.5 Å². The summed E-state index contributed by atoms with van der Waals surface area (Å²) in [5.41, 5.74) is 2.78. The lowest BCUT2D eigenvalue weighted by molar-refractivity contribution is -0.139. The first-order valence-electron chi connectivity index (χ1n) is 13.4. The van der Waals surface area contributed by atoms with Crippen molar-refractivity contribution >= 4 is 39.1 Å². The van der Waals surface area contributed by atoms with E-state index in [4.69, 9.17) is 11.6 Å². The summed E-state index contributed by atoms with van der Waals surface area (Å²) < 4.78 is 29.2. The Bertz CT molecular complexity index is 1420. The molecule has 0 heterocycles. The molecule has 7 nitrogen and oxygen atoms in total. The van der Waals surface area contributed by atoms with Gasteiger partial charge in [0.1, 0.15) is 12.6 Å². The molecule has 0 radical (unpaired) electrons. The molecule has 0 spiro atoms. The molecule has 3 aromatic rings. The first kappa shape index (κ1) is 31.2. The van der Waals surface area contributed by atoms with Crippen LogP contribution in [0.1, 0.15) is 44.4 Å². The van der Waals surface area contributed by atoms with E-state index in [1.165, 1.54) is 4.90 Å². The molecule has 9 heteroatoms.